The van der Waals surface area contributed by atoms with E-state index in [0.29, 0.717) is 35.8 Å². The minimum absolute atomic E-state index is 0.121. The third-order valence-corrected chi connectivity index (χ3v) is 8.96. The average molecular weight is 583 g/mol. The molecule has 3 heterocycles. The van der Waals surface area contributed by atoms with Crippen molar-refractivity contribution in [3.05, 3.63) is 94.5 Å². The molecule has 0 aliphatic carbocycles. The molecular formula is C35H34O8. The molecule has 4 N–H and O–H groups in total. The summed E-state index contributed by atoms with van der Waals surface area (Å²) in [5.74, 6) is 2.01. The lowest BCUT2D eigenvalue weighted by Crippen LogP contribution is -2.40. The zero-order valence-electron chi connectivity index (χ0n) is 23.8. The van der Waals surface area contributed by atoms with Crippen molar-refractivity contribution in [1.29, 1.82) is 0 Å². The van der Waals surface area contributed by atoms with E-state index in [2.05, 4.69) is 0 Å². The van der Waals surface area contributed by atoms with Gasteiger partial charge in [0, 0.05) is 40.5 Å². The van der Waals surface area contributed by atoms with Gasteiger partial charge in [0.15, 0.2) is 0 Å². The van der Waals surface area contributed by atoms with Crippen molar-refractivity contribution in [3.8, 4) is 45.6 Å². The fourth-order valence-corrected chi connectivity index (χ4v) is 6.82. The summed E-state index contributed by atoms with van der Waals surface area (Å²) in [7, 11) is 1.58. The second-order valence-corrected chi connectivity index (χ2v) is 11.5. The van der Waals surface area contributed by atoms with E-state index in [1.807, 2.05) is 30.3 Å². The van der Waals surface area contributed by atoms with E-state index >= 15 is 0 Å². The molecule has 3 aliphatic heterocycles. The Bertz CT molecular complexity index is 1680. The molecule has 4 aromatic carbocycles. The number of aliphatic hydroxyl groups is 2. The topological polar surface area (TPSA) is 118 Å². The van der Waals surface area contributed by atoms with Gasteiger partial charge in [0.05, 0.1) is 39.1 Å². The first-order valence-electron chi connectivity index (χ1n) is 14.6. The molecule has 222 valence electrons. The van der Waals surface area contributed by atoms with Crippen LogP contribution >= 0.6 is 0 Å². The number of fused-ring (bicyclic) bond motifs is 4. The van der Waals surface area contributed by atoms with Crippen molar-refractivity contribution in [3.63, 3.8) is 0 Å². The highest BCUT2D eigenvalue weighted by molar-refractivity contribution is 5.70. The number of aliphatic hydroxyl groups excluding tert-OH is 2. The molecule has 0 bridgehead atoms. The molecule has 8 heteroatoms. The summed E-state index contributed by atoms with van der Waals surface area (Å²) in [5, 5.41) is 43.9. The SMILES string of the molecule is COc1cc(Cc2cc(O)ccc2-c2cccc(O)c2)c2c(c1)[C@@H](O)[C@@H]([C@@H]1COc3ccc4c(c3[C@@H]1O)CCCO4)CO2. The van der Waals surface area contributed by atoms with Gasteiger partial charge in [0.1, 0.15) is 34.5 Å². The van der Waals surface area contributed by atoms with Gasteiger partial charge in [-0.25, -0.2) is 0 Å². The number of ether oxygens (including phenoxy) is 4. The van der Waals surface area contributed by atoms with Crippen molar-refractivity contribution in [2.45, 2.75) is 31.5 Å². The lowest BCUT2D eigenvalue weighted by Gasteiger charge is -2.41. The molecule has 0 saturated heterocycles. The normalized spacial score (nSPS) is 22.2. The molecule has 4 aromatic rings. The van der Waals surface area contributed by atoms with Gasteiger partial charge < -0.3 is 39.4 Å². The third-order valence-electron chi connectivity index (χ3n) is 8.96. The molecule has 0 aromatic heterocycles. The van der Waals surface area contributed by atoms with E-state index in [4.69, 9.17) is 18.9 Å². The molecule has 4 atom stereocenters. The number of phenols is 2. The number of rotatable bonds is 5. The lowest BCUT2D eigenvalue weighted by molar-refractivity contribution is -0.0559. The molecule has 0 radical (unpaired) electrons. The predicted molar refractivity (Wildman–Crippen MR) is 159 cm³/mol. The van der Waals surface area contributed by atoms with E-state index < -0.39 is 24.0 Å². The number of hydrogen-bond donors (Lipinski definition) is 4. The zero-order chi connectivity index (χ0) is 29.7. The Balaban J connectivity index is 1.23. The van der Waals surface area contributed by atoms with Crippen LogP contribution < -0.4 is 18.9 Å². The third kappa shape index (κ3) is 4.90. The number of benzene rings is 4. The summed E-state index contributed by atoms with van der Waals surface area (Å²) in [6, 6.07) is 19.5. The lowest BCUT2D eigenvalue weighted by atomic mass is 9.75. The Labute approximate surface area is 249 Å². The average Bonchev–Trinajstić information content (AvgIpc) is 3.02. The molecule has 8 nitrogen and oxygen atoms in total. The van der Waals surface area contributed by atoms with E-state index in [1.165, 1.54) is 0 Å². The Morgan fingerprint density at radius 1 is 0.791 bits per heavy atom. The van der Waals surface area contributed by atoms with Crippen LogP contribution in [0.2, 0.25) is 0 Å². The fraction of sp³-hybridized carbons (Fsp3) is 0.314. The standard InChI is InChI=1S/C35H34O8/c1-40-24-15-21(12-20-14-23(37)7-8-25(20)19-4-2-5-22(36)13-19)35-27(16-24)33(38)28(18-43-35)29-17-42-31-10-9-30-26(6-3-11-41-30)32(31)34(29)39/h2,4-5,7-10,13-16,28-29,33-34,36-39H,3,6,11-12,17-18H2,1H3/t28-,29+,33-,34-/m1/s1. The highest BCUT2D eigenvalue weighted by atomic mass is 16.5. The Kier molecular flexibility index (Phi) is 7.03. The minimum Gasteiger partial charge on any atom is -0.508 e. The Hall–Kier alpha value is -4.40. The molecule has 0 fully saturated rings. The first-order valence-corrected chi connectivity index (χ1v) is 14.6. The molecule has 0 spiro atoms. The van der Waals surface area contributed by atoms with Crippen LogP contribution in [0.4, 0.5) is 0 Å². The zero-order valence-corrected chi connectivity index (χ0v) is 23.8. The Morgan fingerprint density at radius 3 is 2.42 bits per heavy atom. The summed E-state index contributed by atoms with van der Waals surface area (Å²) in [6.07, 6.45) is 0.280. The largest absolute Gasteiger partial charge is 0.508 e. The quantitative estimate of drug-likeness (QED) is 0.245. The number of phenolic OH excluding ortho intramolecular Hbond substituents is 2. The van der Waals surface area contributed by atoms with Crippen LogP contribution in [0.5, 0.6) is 34.5 Å². The van der Waals surface area contributed by atoms with Crippen LogP contribution in [0.3, 0.4) is 0 Å². The smallest absolute Gasteiger partial charge is 0.128 e. The highest BCUT2D eigenvalue weighted by Gasteiger charge is 2.44. The summed E-state index contributed by atoms with van der Waals surface area (Å²) in [4.78, 5) is 0. The highest BCUT2D eigenvalue weighted by Crippen LogP contribution is 2.50. The maximum Gasteiger partial charge on any atom is 0.128 e. The van der Waals surface area contributed by atoms with Crippen LogP contribution in [0.1, 0.15) is 46.4 Å². The maximum atomic E-state index is 11.8. The van der Waals surface area contributed by atoms with E-state index in [0.717, 1.165) is 52.0 Å². The molecule has 43 heavy (non-hydrogen) atoms. The van der Waals surface area contributed by atoms with Crippen molar-refractivity contribution >= 4 is 0 Å². The number of hydrogen-bond acceptors (Lipinski definition) is 8. The summed E-state index contributed by atoms with van der Waals surface area (Å²) in [5.41, 5.74) is 5.59. The first-order chi connectivity index (χ1) is 20.9. The van der Waals surface area contributed by atoms with Gasteiger partial charge in [-0.1, -0.05) is 18.2 Å². The van der Waals surface area contributed by atoms with Gasteiger partial charge >= 0.3 is 0 Å². The summed E-state index contributed by atoms with van der Waals surface area (Å²) >= 11 is 0. The Morgan fingerprint density at radius 2 is 1.58 bits per heavy atom. The van der Waals surface area contributed by atoms with Gasteiger partial charge in [-0.2, -0.15) is 0 Å². The monoisotopic (exact) mass is 582 g/mol. The second-order valence-electron chi connectivity index (χ2n) is 11.5. The summed E-state index contributed by atoms with van der Waals surface area (Å²) < 4.78 is 24.0. The van der Waals surface area contributed by atoms with Crippen LogP contribution in [-0.2, 0) is 12.8 Å². The molecular weight excluding hydrogens is 548 g/mol. The van der Waals surface area contributed by atoms with Crippen LogP contribution in [0.15, 0.2) is 66.7 Å². The summed E-state index contributed by atoms with van der Waals surface area (Å²) in [6.45, 7) is 1.10. The van der Waals surface area contributed by atoms with Gasteiger partial charge in [-0.05, 0) is 78.1 Å². The molecule has 3 aliphatic rings. The van der Waals surface area contributed by atoms with Crippen molar-refractivity contribution in [2.24, 2.45) is 11.8 Å². The fourth-order valence-electron chi connectivity index (χ4n) is 6.82. The van der Waals surface area contributed by atoms with E-state index in [1.54, 1.807) is 43.5 Å². The van der Waals surface area contributed by atoms with E-state index in [9.17, 15) is 20.4 Å². The molecule has 7 rings (SSSR count). The van der Waals surface area contributed by atoms with Crippen LogP contribution in [-0.4, -0.2) is 47.4 Å². The molecule has 0 amide bonds. The van der Waals surface area contributed by atoms with Gasteiger partial charge in [-0.3, -0.25) is 0 Å². The van der Waals surface area contributed by atoms with Gasteiger partial charge in [0.2, 0.25) is 0 Å². The molecule has 0 unspecified atom stereocenters. The van der Waals surface area contributed by atoms with Crippen molar-refractivity contribution in [1.82, 2.24) is 0 Å². The van der Waals surface area contributed by atoms with Gasteiger partial charge in [0.25, 0.3) is 0 Å². The van der Waals surface area contributed by atoms with Gasteiger partial charge in [-0.15, -0.1) is 0 Å². The molecule has 0 saturated carbocycles. The maximum absolute atomic E-state index is 11.8. The minimum atomic E-state index is -0.937. The first kappa shape index (κ1) is 27.4. The van der Waals surface area contributed by atoms with Crippen molar-refractivity contribution < 1.29 is 39.4 Å². The van der Waals surface area contributed by atoms with Crippen LogP contribution in [0, 0.1) is 11.8 Å². The second kappa shape index (κ2) is 11.0. The van der Waals surface area contributed by atoms with Crippen molar-refractivity contribution in [2.75, 3.05) is 26.9 Å². The predicted octanol–water partition coefficient (Wildman–Crippen LogP) is 5.47. The van der Waals surface area contributed by atoms with E-state index in [-0.39, 0.29) is 24.7 Å². The number of methoxy groups -OCH3 is 1. The number of aromatic hydroxyl groups is 2. The van der Waals surface area contributed by atoms with Crippen LogP contribution in [0.25, 0.3) is 11.1 Å².